The van der Waals surface area contributed by atoms with Gasteiger partial charge in [0.05, 0.1) is 20.6 Å². The monoisotopic (exact) mass is 374 g/mol. The van der Waals surface area contributed by atoms with Crippen LogP contribution in [0.4, 0.5) is 0 Å². The first-order chi connectivity index (χ1) is 13.0. The average molecular weight is 374 g/mol. The second-order valence-electron chi connectivity index (χ2n) is 6.17. The fourth-order valence-corrected chi connectivity index (χ4v) is 2.95. The van der Waals surface area contributed by atoms with Gasteiger partial charge in [-0.1, -0.05) is 6.07 Å². The normalized spacial score (nSPS) is 14.2. The Labute approximate surface area is 156 Å². The molecule has 27 heavy (non-hydrogen) atoms. The summed E-state index contributed by atoms with van der Waals surface area (Å²) in [6, 6.07) is 5.43. The van der Waals surface area contributed by atoms with Gasteiger partial charge < -0.3 is 23.7 Å². The molecule has 0 unspecified atom stereocenters. The number of aromatic nitrogens is 2. The number of aryl methyl sites for hydroxylation is 1. The zero-order valence-corrected chi connectivity index (χ0v) is 15.6. The topological polar surface area (TPSA) is 98.0 Å². The number of carbonyl (C=O) groups is 2. The summed E-state index contributed by atoms with van der Waals surface area (Å²) in [5.41, 5.74) is 0.845. The highest BCUT2D eigenvalue weighted by Gasteiger charge is 2.27. The van der Waals surface area contributed by atoms with Crippen molar-refractivity contribution in [2.75, 3.05) is 40.4 Å². The van der Waals surface area contributed by atoms with Crippen LogP contribution in [0.2, 0.25) is 0 Å². The number of benzene rings is 1. The molecule has 0 spiro atoms. The summed E-state index contributed by atoms with van der Waals surface area (Å²) in [6.45, 7) is 3.42. The summed E-state index contributed by atoms with van der Waals surface area (Å²) in [4.78, 5) is 28.3. The van der Waals surface area contributed by atoms with Gasteiger partial charge in [-0.15, -0.1) is 10.2 Å². The summed E-state index contributed by atoms with van der Waals surface area (Å²) >= 11 is 0. The number of hydrogen-bond acceptors (Lipinski definition) is 7. The molecule has 3 rings (SSSR count). The Morgan fingerprint density at radius 2 is 1.70 bits per heavy atom. The van der Waals surface area contributed by atoms with Crippen molar-refractivity contribution in [2.24, 2.45) is 0 Å². The molecule has 0 bridgehead atoms. The lowest BCUT2D eigenvalue weighted by atomic mass is 10.1. The van der Waals surface area contributed by atoms with Gasteiger partial charge in [0.25, 0.3) is 0 Å². The minimum Gasteiger partial charge on any atom is -0.493 e. The summed E-state index contributed by atoms with van der Waals surface area (Å²) in [5.74, 6) is 1.25. The van der Waals surface area contributed by atoms with Crippen molar-refractivity contribution in [1.29, 1.82) is 0 Å². The second kappa shape index (κ2) is 8.07. The fourth-order valence-electron chi connectivity index (χ4n) is 2.95. The summed E-state index contributed by atoms with van der Waals surface area (Å²) in [6.07, 6.45) is 0.261. The van der Waals surface area contributed by atoms with Gasteiger partial charge in [-0.05, 0) is 17.7 Å². The molecule has 2 amide bonds. The highest BCUT2D eigenvalue weighted by atomic mass is 16.5. The maximum absolute atomic E-state index is 12.6. The number of hydrogen-bond donors (Lipinski definition) is 0. The molecule has 0 N–H and O–H groups in total. The maximum Gasteiger partial charge on any atom is 0.311 e. The lowest BCUT2D eigenvalue weighted by molar-refractivity contribution is -0.131. The van der Waals surface area contributed by atoms with E-state index in [-0.39, 0.29) is 24.1 Å². The Balaban J connectivity index is 1.56. The van der Waals surface area contributed by atoms with Gasteiger partial charge in [-0.3, -0.25) is 9.59 Å². The zero-order chi connectivity index (χ0) is 19.4. The maximum atomic E-state index is 12.6. The third kappa shape index (κ3) is 4.18. The predicted octanol–water partition coefficient (Wildman–Crippen LogP) is 0.922. The molecule has 0 saturated carbocycles. The third-order valence-corrected chi connectivity index (χ3v) is 4.43. The molecule has 0 radical (unpaired) electrons. The van der Waals surface area contributed by atoms with Gasteiger partial charge in [0.2, 0.25) is 11.8 Å². The van der Waals surface area contributed by atoms with Gasteiger partial charge in [-0.2, -0.15) is 0 Å². The highest BCUT2D eigenvalue weighted by molar-refractivity contribution is 5.89. The van der Waals surface area contributed by atoms with Crippen molar-refractivity contribution in [3.63, 3.8) is 0 Å². The largest absolute Gasteiger partial charge is 0.493 e. The molecule has 2 aromatic rings. The first-order valence-corrected chi connectivity index (χ1v) is 8.60. The molecular weight excluding hydrogens is 352 g/mol. The SMILES string of the molecule is COc1ccc(CC(=O)N2CCN(C(=O)c3nnc(C)o3)CC2)cc1OC. The van der Waals surface area contributed by atoms with Crippen LogP contribution in [-0.4, -0.2) is 72.2 Å². The third-order valence-electron chi connectivity index (χ3n) is 4.43. The van der Waals surface area contributed by atoms with E-state index in [0.29, 0.717) is 43.6 Å². The predicted molar refractivity (Wildman–Crippen MR) is 94.8 cm³/mol. The van der Waals surface area contributed by atoms with E-state index < -0.39 is 0 Å². The molecular formula is C18H22N4O5. The van der Waals surface area contributed by atoms with E-state index in [9.17, 15) is 9.59 Å². The number of amides is 2. The lowest BCUT2D eigenvalue weighted by Gasteiger charge is -2.34. The van der Waals surface area contributed by atoms with Crippen molar-refractivity contribution in [2.45, 2.75) is 13.3 Å². The molecule has 2 heterocycles. The molecule has 1 aliphatic rings. The first kappa shape index (κ1) is 18.7. The van der Waals surface area contributed by atoms with E-state index in [1.165, 1.54) is 0 Å². The second-order valence-corrected chi connectivity index (χ2v) is 6.17. The van der Waals surface area contributed by atoms with E-state index in [2.05, 4.69) is 10.2 Å². The fraction of sp³-hybridized carbons (Fsp3) is 0.444. The molecule has 1 aromatic heterocycles. The molecule has 0 atom stereocenters. The van der Waals surface area contributed by atoms with Crippen LogP contribution in [0.15, 0.2) is 22.6 Å². The van der Waals surface area contributed by atoms with Crippen molar-refractivity contribution in [3.05, 3.63) is 35.5 Å². The first-order valence-electron chi connectivity index (χ1n) is 8.60. The van der Waals surface area contributed by atoms with Crippen molar-refractivity contribution in [3.8, 4) is 11.5 Å². The van der Waals surface area contributed by atoms with Gasteiger partial charge >= 0.3 is 11.8 Å². The standard InChI is InChI=1S/C18H22N4O5/c1-12-19-20-17(27-12)18(24)22-8-6-21(7-9-22)16(23)11-13-4-5-14(25-2)15(10-13)26-3/h4-5,10H,6-9,11H2,1-3H3. The van der Waals surface area contributed by atoms with E-state index in [0.717, 1.165) is 5.56 Å². The molecule has 9 heteroatoms. The number of carbonyl (C=O) groups excluding carboxylic acids is 2. The van der Waals surface area contributed by atoms with Crippen LogP contribution < -0.4 is 9.47 Å². The Hall–Kier alpha value is -3.10. The number of nitrogens with zero attached hydrogens (tertiary/aromatic N) is 4. The van der Waals surface area contributed by atoms with Crippen molar-refractivity contribution < 1.29 is 23.5 Å². The van der Waals surface area contributed by atoms with Gasteiger partial charge in [0.15, 0.2) is 11.5 Å². The average Bonchev–Trinajstić information content (AvgIpc) is 3.13. The Bertz CT molecular complexity index is 827. The number of rotatable bonds is 5. The van der Waals surface area contributed by atoms with Crippen LogP contribution in [-0.2, 0) is 11.2 Å². The van der Waals surface area contributed by atoms with E-state index in [1.54, 1.807) is 43.1 Å². The lowest BCUT2D eigenvalue weighted by Crippen LogP contribution is -2.51. The molecule has 1 fully saturated rings. The minimum absolute atomic E-state index is 0.00273. The number of ether oxygens (including phenoxy) is 2. The number of piperazine rings is 1. The Morgan fingerprint density at radius 3 is 2.30 bits per heavy atom. The smallest absolute Gasteiger partial charge is 0.311 e. The van der Waals surface area contributed by atoms with E-state index in [1.807, 2.05) is 6.07 Å². The van der Waals surface area contributed by atoms with Gasteiger partial charge in [0, 0.05) is 33.1 Å². The van der Waals surface area contributed by atoms with Crippen LogP contribution in [0.1, 0.15) is 22.1 Å². The Kier molecular flexibility index (Phi) is 5.58. The van der Waals surface area contributed by atoms with Gasteiger partial charge in [-0.25, -0.2) is 0 Å². The Morgan fingerprint density at radius 1 is 1.04 bits per heavy atom. The molecule has 144 valence electrons. The van der Waals surface area contributed by atoms with Crippen LogP contribution in [0.5, 0.6) is 11.5 Å². The summed E-state index contributed by atoms with van der Waals surface area (Å²) in [7, 11) is 3.13. The molecule has 9 nitrogen and oxygen atoms in total. The molecule has 1 aliphatic heterocycles. The number of methoxy groups -OCH3 is 2. The van der Waals surface area contributed by atoms with Crippen LogP contribution in [0.3, 0.4) is 0 Å². The van der Waals surface area contributed by atoms with E-state index >= 15 is 0 Å². The summed E-state index contributed by atoms with van der Waals surface area (Å²) < 4.78 is 15.7. The minimum atomic E-state index is -0.303. The van der Waals surface area contributed by atoms with Crippen molar-refractivity contribution >= 4 is 11.8 Å². The summed E-state index contributed by atoms with van der Waals surface area (Å²) in [5, 5.41) is 7.42. The quantitative estimate of drug-likeness (QED) is 0.767. The van der Waals surface area contributed by atoms with Crippen LogP contribution >= 0.6 is 0 Å². The highest BCUT2D eigenvalue weighted by Crippen LogP contribution is 2.27. The van der Waals surface area contributed by atoms with Crippen LogP contribution in [0.25, 0.3) is 0 Å². The van der Waals surface area contributed by atoms with Crippen molar-refractivity contribution in [1.82, 2.24) is 20.0 Å². The molecule has 0 aliphatic carbocycles. The van der Waals surface area contributed by atoms with Gasteiger partial charge in [0.1, 0.15) is 0 Å². The zero-order valence-electron chi connectivity index (χ0n) is 15.6. The van der Waals surface area contributed by atoms with E-state index in [4.69, 9.17) is 13.9 Å². The molecule has 1 aromatic carbocycles. The molecule has 1 saturated heterocycles. The van der Waals surface area contributed by atoms with Crippen LogP contribution in [0, 0.1) is 6.92 Å².